The fourth-order valence-corrected chi connectivity index (χ4v) is 2.79. The summed E-state index contributed by atoms with van der Waals surface area (Å²) in [6.07, 6.45) is 0. The second-order valence-electron chi connectivity index (χ2n) is 6.36. The molecule has 2 heterocycles. The molecule has 0 amide bonds. The van der Waals surface area contributed by atoms with Crippen molar-refractivity contribution in [3.8, 4) is 5.75 Å². The first kappa shape index (κ1) is 18.5. The number of ether oxygens (including phenoxy) is 1. The van der Waals surface area contributed by atoms with Crippen LogP contribution in [0.2, 0.25) is 0 Å². The molecule has 9 heteroatoms. The van der Waals surface area contributed by atoms with Gasteiger partial charge in [0.25, 0.3) is 11.3 Å². The van der Waals surface area contributed by atoms with Crippen molar-refractivity contribution in [3.63, 3.8) is 0 Å². The van der Waals surface area contributed by atoms with Crippen LogP contribution in [0.5, 0.6) is 5.75 Å². The lowest BCUT2D eigenvalue weighted by Gasteiger charge is -2.06. The molecule has 0 saturated heterocycles. The van der Waals surface area contributed by atoms with Gasteiger partial charge in [0.2, 0.25) is 5.95 Å². The smallest absolute Gasteiger partial charge is 0.274 e. The zero-order chi connectivity index (χ0) is 20.2. The van der Waals surface area contributed by atoms with Gasteiger partial charge in [0, 0.05) is 18.3 Å². The summed E-state index contributed by atoms with van der Waals surface area (Å²) >= 11 is 0. The van der Waals surface area contributed by atoms with Crippen molar-refractivity contribution >= 4 is 17.4 Å². The van der Waals surface area contributed by atoms with Crippen LogP contribution in [-0.2, 0) is 13.1 Å². The first-order valence-corrected chi connectivity index (χ1v) is 8.96. The standard InChI is InChI=1S/C20H19FN6O2/c1-29-17-8-6-15(7-9-17)22-12-16-10-18(28)27-20(24-16)25-19(26-27)23-11-13-2-4-14(21)5-3-13/h2-10,22H,11-12H2,1H3,(H2,23,24,25,26). The average molecular weight is 394 g/mol. The number of anilines is 2. The monoisotopic (exact) mass is 394 g/mol. The Morgan fingerprint density at radius 2 is 1.79 bits per heavy atom. The van der Waals surface area contributed by atoms with Crippen LogP contribution in [0.15, 0.2) is 59.4 Å². The number of halogens is 1. The van der Waals surface area contributed by atoms with Gasteiger partial charge in [0.05, 0.1) is 19.3 Å². The maximum absolute atomic E-state index is 13.0. The first-order valence-electron chi connectivity index (χ1n) is 8.96. The summed E-state index contributed by atoms with van der Waals surface area (Å²) in [5, 5.41) is 9.15. The predicted molar refractivity (Wildman–Crippen MR) is 108 cm³/mol. The second kappa shape index (κ2) is 8.01. The molecule has 0 spiro atoms. The highest BCUT2D eigenvalue weighted by molar-refractivity contribution is 5.47. The molecular formula is C20H19FN6O2. The van der Waals surface area contributed by atoms with Crippen LogP contribution in [0.3, 0.4) is 0 Å². The molecule has 0 aliphatic rings. The fraction of sp³-hybridized carbons (Fsp3) is 0.150. The van der Waals surface area contributed by atoms with Crippen molar-refractivity contribution in [2.45, 2.75) is 13.1 Å². The highest BCUT2D eigenvalue weighted by Gasteiger charge is 2.08. The number of nitrogens with one attached hydrogen (secondary N) is 3. The third kappa shape index (κ3) is 4.34. The molecule has 8 nitrogen and oxygen atoms in total. The molecule has 0 bridgehead atoms. The number of nitrogens with zero attached hydrogens (tertiary/aromatic N) is 3. The van der Waals surface area contributed by atoms with Crippen molar-refractivity contribution in [2.75, 3.05) is 17.7 Å². The number of aromatic nitrogens is 4. The third-order valence-electron chi connectivity index (χ3n) is 4.32. The van der Waals surface area contributed by atoms with Crippen molar-refractivity contribution in [1.82, 2.24) is 19.6 Å². The Bertz CT molecular complexity index is 1170. The van der Waals surface area contributed by atoms with E-state index in [9.17, 15) is 9.18 Å². The van der Waals surface area contributed by atoms with Gasteiger partial charge in [-0.2, -0.15) is 9.50 Å². The number of rotatable bonds is 7. The van der Waals surface area contributed by atoms with Crippen molar-refractivity contribution < 1.29 is 9.13 Å². The molecule has 0 aliphatic heterocycles. The SMILES string of the molecule is COc1ccc(NCc2cc(=O)n3[nH]c(NCc4ccc(F)cc4)nc3n2)cc1. The van der Waals surface area contributed by atoms with E-state index in [1.54, 1.807) is 19.2 Å². The van der Waals surface area contributed by atoms with E-state index in [4.69, 9.17) is 4.74 Å². The Kier molecular flexibility index (Phi) is 5.10. The lowest BCUT2D eigenvalue weighted by molar-refractivity contribution is 0.415. The molecule has 2 aromatic heterocycles. The Hall–Kier alpha value is -3.88. The molecular weight excluding hydrogens is 375 g/mol. The molecule has 2 aromatic carbocycles. The van der Waals surface area contributed by atoms with Crippen molar-refractivity contribution in [2.24, 2.45) is 0 Å². The van der Waals surface area contributed by atoms with E-state index in [0.29, 0.717) is 24.7 Å². The number of aromatic amines is 1. The zero-order valence-electron chi connectivity index (χ0n) is 15.6. The topological polar surface area (TPSA) is 96.3 Å². The lowest BCUT2D eigenvalue weighted by atomic mass is 10.2. The largest absolute Gasteiger partial charge is 0.497 e. The van der Waals surface area contributed by atoms with Gasteiger partial charge in [-0.05, 0) is 42.0 Å². The fourth-order valence-electron chi connectivity index (χ4n) is 2.79. The Labute approximate surface area is 165 Å². The number of hydrogen-bond acceptors (Lipinski definition) is 6. The highest BCUT2D eigenvalue weighted by Crippen LogP contribution is 2.15. The summed E-state index contributed by atoms with van der Waals surface area (Å²) in [6.45, 7) is 0.810. The first-order chi connectivity index (χ1) is 14.1. The zero-order valence-corrected chi connectivity index (χ0v) is 15.6. The molecule has 29 heavy (non-hydrogen) atoms. The second-order valence-corrected chi connectivity index (χ2v) is 6.36. The van der Waals surface area contributed by atoms with Gasteiger partial charge in [-0.3, -0.25) is 9.89 Å². The maximum Gasteiger partial charge on any atom is 0.274 e. The maximum atomic E-state index is 13.0. The van der Waals surface area contributed by atoms with E-state index in [-0.39, 0.29) is 17.2 Å². The number of hydrogen-bond donors (Lipinski definition) is 3. The lowest BCUT2D eigenvalue weighted by Crippen LogP contribution is -2.17. The summed E-state index contributed by atoms with van der Waals surface area (Å²) in [6, 6.07) is 15.1. The summed E-state index contributed by atoms with van der Waals surface area (Å²) in [5.74, 6) is 1.15. The van der Waals surface area contributed by atoms with E-state index in [0.717, 1.165) is 17.0 Å². The molecule has 148 valence electrons. The third-order valence-corrected chi connectivity index (χ3v) is 4.32. The highest BCUT2D eigenvalue weighted by atomic mass is 19.1. The molecule has 0 aliphatic carbocycles. The van der Waals surface area contributed by atoms with Crippen LogP contribution in [0, 0.1) is 5.82 Å². The van der Waals surface area contributed by atoms with Crippen LogP contribution in [0.4, 0.5) is 16.0 Å². The minimum Gasteiger partial charge on any atom is -0.497 e. The minimum absolute atomic E-state index is 0.260. The molecule has 0 saturated carbocycles. The van der Waals surface area contributed by atoms with E-state index >= 15 is 0 Å². The molecule has 0 fully saturated rings. The molecule has 0 radical (unpaired) electrons. The predicted octanol–water partition coefficient (Wildman–Crippen LogP) is 2.79. The summed E-state index contributed by atoms with van der Waals surface area (Å²) in [7, 11) is 1.61. The number of fused-ring (bicyclic) bond motifs is 1. The Morgan fingerprint density at radius 1 is 1.03 bits per heavy atom. The van der Waals surface area contributed by atoms with Crippen LogP contribution >= 0.6 is 0 Å². The summed E-state index contributed by atoms with van der Waals surface area (Å²) in [4.78, 5) is 21.1. The number of methoxy groups -OCH3 is 1. The summed E-state index contributed by atoms with van der Waals surface area (Å²) < 4.78 is 19.4. The molecule has 0 unspecified atom stereocenters. The van der Waals surface area contributed by atoms with E-state index < -0.39 is 0 Å². The van der Waals surface area contributed by atoms with Crippen molar-refractivity contribution in [3.05, 3.63) is 82.0 Å². The van der Waals surface area contributed by atoms with E-state index in [1.807, 2.05) is 24.3 Å². The quantitative estimate of drug-likeness (QED) is 0.446. The Morgan fingerprint density at radius 3 is 2.52 bits per heavy atom. The number of H-pyrrole nitrogens is 1. The number of benzene rings is 2. The van der Waals surface area contributed by atoms with Crippen LogP contribution in [0.25, 0.3) is 5.78 Å². The van der Waals surface area contributed by atoms with Gasteiger partial charge in [0.1, 0.15) is 11.6 Å². The van der Waals surface area contributed by atoms with Gasteiger partial charge < -0.3 is 15.4 Å². The molecule has 4 aromatic rings. The molecule has 4 rings (SSSR count). The minimum atomic E-state index is -0.288. The normalized spacial score (nSPS) is 10.8. The van der Waals surface area contributed by atoms with Gasteiger partial charge in [-0.1, -0.05) is 12.1 Å². The molecule has 3 N–H and O–H groups in total. The van der Waals surface area contributed by atoms with Gasteiger partial charge in [-0.15, -0.1) is 0 Å². The van der Waals surface area contributed by atoms with E-state index in [1.165, 1.54) is 22.7 Å². The van der Waals surface area contributed by atoms with Crippen LogP contribution in [-0.4, -0.2) is 26.7 Å². The van der Waals surface area contributed by atoms with Gasteiger partial charge in [0.15, 0.2) is 0 Å². The average Bonchev–Trinajstić information content (AvgIpc) is 3.16. The summed E-state index contributed by atoms with van der Waals surface area (Å²) in [5.41, 5.74) is 2.08. The van der Waals surface area contributed by atoms with E-state index in [2.05, 4.69) is 25.7 Å². The Balaban J connectivity index is 1.46. The van der Waals surface area contributed by atoms with Crippen LogP contribution in [0.1, 0.15) is 11.3 Å². The molecule has 0 atom stereocenters. The van der Waals surface area contributed by atoms with Gasteiger partial charge in [-0.25, -0.2) is 9.37 Å². The van der Waals surface area contributed by atoms with Gasteiger partial charge >= 0.3 is 0 Å². The van der Waals surface area contributed by atoms with Crippen LogP contribution < -0.4 is 20.9 Å². The van der Waals surface area contributed by atoms with Crippen molar-refractivity contribution in [1.29, 1.82) is 0 Å².